The maximum absolute atomic E-state index is 12.1. The number of hydrogen-bond acceptors (Lipinski definition) is 4. The number of aromatic nitrogens is 1. The molecule has 0 unspecified atom stereocenters. The number of carbonyl (C=O) groups is 2. The van der Waals surface area contributed by atoms with Gasteiger partial charge < -0.3 is 10.4 Å². The van der Waals surface area contributed by atoms with Crippen LogP contribution in [0.15, 0.2) is 18.3 Å². The third-order valence-electron chi connectivity index (χ3n) is 3.55. The van der Waals surface area contributed by atoms with Crippen LogP contribution in [0.1, 0.15) is 48.2 Å². The van der Waals surface area contributed by atoms with Crippen molar-refractivity contribution in [3.8, 4) is 6.07 Å². The van der Waals surface area contributed by atoms with Crippen molar-refractivity contribution in [2.75, 3.05) is 0 Å². The summed E-state index contributed by atoms with van der Waals surface area (Å²) in [6, 6.07) is 4.91. The van der Waals surface area contributed by atoms with Crippen molar-refractivity contribution in [3.05, 3.63) is 29.6 Å². The number of carboxylic acid groups (broad SMARTS) is 1. The van der Waals surface area contributed by atoms with Gasteiger partial charge in [-0.1, -0.05) is 12.8 Å². The minimum Gasteiger partial charge on any atom is -0.481 e. The highest BCUT2D eigenvalue weighted by atomic mass is 16.4. The van der Waals surface area contributed by atoms with Gasteiger partial charge in [0.1, 0.15) is 11.8 Å². The summed E-state index contributed by atoms with van der Waals surface area (Å²) < 4.78 is 0. The molecule has 1 fully saturated rings. The molecule has 0 aromatic carbocycles. The molecule has 1 amide bonds. The fourth-order valence-electron chi connectivity index (χ4n) is 2.59. The molecule has 1 aliphatic rings. The van der Waals surface area contributed by atoms with Gasteiger partial charge in [-0.05, 0) is 25.0 Å². The van der Waals surface area contributed by atoms with E-state index in [1.807, 2.05) is 6.07 Å². The average molecular weight is 273 g/mol. The van der Waals surface area contributed by atoms with Crippen molar-refractivity contribution in [2.24, 2.45) is 0 Å². The molecule has 1 aromatic rings. The molecule has 6 nitrogen and oxygen atoms in total. The van der Waals surface area contributed by atoms with Crippen molar-refractivity contribution in [1.29, 1.82) is 5.26 Å². The lowest BCUT2D eigenvalue weighted by Crippen LogP contribution is -2.48. The van der Waals surface area contributed by atoms with Crippen LogP contribution < -0.4 is 5.32 Å². The second-order valence-electron chi connectivity index (χ2n) is 5.06. The zero-order chi connectivity index (χ0) is 14.6. The lowest BCUT2D eigenvalue weighted by atomic mass is 9.93. The van der Waals surface area contributed by atoms with Gasteiger partial charge in [0.15, 0.2) is 0 Å². The third kappa shape index (κ3) is 3.12. The molecule has 6 heteroatoms. The Morgan fingerprint density at radius 2 is 2.10 bits per heavy atom. The van der Waals surface area contributed by atoms with Gasteiger partial charge >= 0.3 is 5.97 Å². The highest BCUT2D eigenvalue weighted by Crippen LogP contribution is 2.32. The second kappa shape index (κ2) is 5.70. The highest BCUT2D eigenvalue weighted by Gasteiger charge is 2.37. The first-order chi connectivity index (χ1) is 9.54. The Morgan fingerprint density at radius 1 is 1.40 bits per heavy atom. The number of aliphatic carboxylic acids is 1. The number of nitriles is 1. The minimum absolute atomic E-state index is 0.0744. The molecule has 2 rings (SSSR count). The van der Waals surface area contributed by atoms with Crippen molar-refractivity contribution < 1.29 is 14.7 Å². The van der Waals surface area contributed by atoms with Crippen LogP contribution in [0.25, 0.3) is 0 Å². The van der Waals surface area contributed by atoms with Crippen LogP contribution in [0, 0.1) is 11.3 Å². The maximum Gasteiger partial charge on any atom is 0.305 e. The van der Waals surface area contributed by atoms with E-state index < -0.39 is 17.4 Å². The summed E-state index contributed by atoms with van der Waals surface area (Å²) in [4.78, 5) is 27.0. The van der Waals surface area contributed by atoms with Crippen molar-refractivity contribution in [3.63, 3.8) is 0 Å². The van der Waals surface area contributed by atoms with E-state index in [4.69, 9.17) is 10.4 Å². The standard InChI is InChI=1S/C14H15N3O3/c15-8-10-3-4-11(16-9-10)13(20)17-14(7-12(18)19)5-1-2-6-14/h3-4,9H,1-2,5-7H2,(H,17,20)(H,18,19). The summed E-state index contributed by atoms with van der Waals surface area (Å²) in [5.74, 6) is -1.31. The molecule has 0 saturated heterocycles. The predicted molar refractivity (Wildman–Crippen MR) is 69.9 cm³/mol. The summed E-state index contributed by atoms with van der Waals surface area (Å²) >= 11 is 0. The van der Waals surface area contributed by atoms with Gasteiger partial charge in [-0.15, -0.1) is 0 Å². The maximum atomic E-state index is 12.1. The fraction of sp³-hybridized carbons (Fsp3) is 0.429. The Balaban J connectivity index is 2.12. The number of carbonyl (C=O) groups excluding carboxylic acids is 1. The SMILES string of the molecule is N#Cc1ccc(C(=O)NC2(CC(=O)O)CCCC2)nc1. The molecule has 2 N–H and O–H groups in total. The van der Waals surface area contributed by atoms with E-state index in [1.54, 1.807) is 0 Å². The summed E-state index contributed by atoms with van der Waals surface area (Å²) in [5, 5.41) is 20.5. The Kier molecular flexibility index (Phi) is 3.99. The number of rotatable bonds is 4. The Hall–Kier alpha value is -2.42. The lowest BCUT2D eigenvalue weighted by Gasteiger charge is -2.28. The van der Waals surface area contributed by atoms with E-state index >= 15 is 0 Å². The van der Waals surface area contributed by atoms with Crippen molar-refractivity contribution in [2.45, 2.75) is 37.6 Å². The number of nitrogens with zero attached hydrogens (tertiary/aromatic N) is 2. The molecule has 0 spiro atoms. The molecule has 0 bridgehead atoms. The lowest BCUT2D eigenvalue weighted by molar-refractivity contribution is -0.138. The zero-order valence-electron chi connectivity index (χ0n) is 10.9. The van der Waals surface area contributed by atoms with Crippen LogP contribution in [-0.4, -0.2) is 27.5 Å². The van der Waals surface area contributed by atoms with Crippen LogP contribution in [0.3, 0.4) is 0 Å². The summed E-state index contributed by atoms with van der Waals surface area (Å²) in [5.41, 5.74) is -0.0956. The smallest absolute Gasteiger partial charge is 0.305 e. The van der Waals surface area contributed by atoms with Gasteiger partial charge in [0.05, 0.1) is 17.5 Å². The number of nitrogens with one attached hydrogen (secondary N) is 1. The van der Waals surface area contributed by atoms with Gasteiger partial charge in [-0.3, -0.25) is 9.59 Å². The van der Waals surface area contributed by atoms with Gasteiger partial charge in [-0.2, -0.15) is 5.26 Å². The van der Waals surface area contributed by atoms with Gasteiger partial charge in [0.25, 0.3) is 5.91 Å². The summed E-state index contributed by atoms with van der Waals surface area (Å²) in [6.07, 6.45) is 4.41. The molecule has 1 heterocycles. The Bertz CT molecular complexity index is 554. The Labute approximate surface area is 116 Å². The molecular weight excluding hydrogens is 258 g/mol. The van der Waals surface area contributed by atoms with Crippen molar-refractivity contribution >= 4 is 11.9 Å². The number of carboxylic acids is 1. The molecule has 0 atom stereocenters. The first-order valence-corrected chi connectivity index (χ1v) is 6.45. The highest BCUT2D eigenvalue weighted by molar-refractivity contribution is 5.93. The molecule has 104 valence electrons. The number of pyridine rings is 1. The van der Waals surface area contributed by atoms with E-state index in [0.29, 0.717) is 18.4 Å². The van der Waals surface area contributed by atoms with E-state index in [1.165, 1.54) is 18.3 Å². The second-order valence-corrected chi connectivity index (χ2v) is 5.06. The normalized spacial score (nSPS) is 16.4. The summed E-state index contributed by atoms with van der Waals surface area (Å²) in [6.45, 7) is 0. The number of amides is 1. The monoisotopic (exact) mass is 273 g/mol. The third-order valence-corrected chi connectivity index (χ3v) is 3.55. The summed E-state index contributed by atoms with van der Waals surface area (Å²) in [7, 11) is 0. The molecule has 0 aliphatic heterocycles. The van der Waals surface area contributed by atoms with E-state index in [-0.39, 0.29) is 12.1 Å². The quantitative estimate of drug-likeness (QED) is 0.864. The molecule has 20 heavy (non-hydrogen) atoms. The van der Waals surface area contributed by atoms with Crippen LogP contribution >= 0.6 is 0 Å². The average Bonchev–Trinajstić information content (AvgIpc) is 2.86. The van der Waals surface area contributed by atoms with Gasteiger partial charge in [0, 0.05) is 6.20 Å². The largest absolute Gasteiger partial charge is 0.481 e. The van der Waals surface area contributed by atoms with E-state index in [9.17, 15) is 9.59 Å². The van der Waals surface area contributed by atoms with Crippen LogP contribution in [0.2, 0.25) is 0 Å². The molecular formula is C14H15N3O3. The Morgan fingerprint density at radius 3 is 2.60 bits per heavy atom. The molecule has 1 aliphatic carbocycles. The first kappa shape index (κ1) is 14.0. The van der Waals surface area contributed by atoms with Crippen molar-refractivity contribution in [1.82, 2.24) is 10.3 Å². The van der Waals surface area contributed by atoms with Crippen LogP contribution in [0.4, 0.5) is 0 Å². The molecule has 1 aromatic heterocycles. The topological polar surface area (TPSA) is 103 Å². The van der Waals surface area contributed by atoms with Gasteiger partial charge in [0.2, 0.25) is 0 Å². The molecule has 1 saturated carbocycles. The number of hydrogen-bond donors (Lipinski definition) is 2. The molecule has 0 radical (unpaired) electrons. The van der Waals surface area contributed by atoms with E-state index in [2.05, 4.69) is 10.3 Å². The van der Waals surface area contributed by atoms with Crippen LogP contribution in [-0.2, 0) is 4.79 Å². The van der Waals surface area contributed by atoms with Gasteiger partial charge in [-0.25, -0.2) is 4.98 Å². The van der Waals surface area contributed by atoms with E-state index in [0.717, 1.165) is 12.8 Å². The fourth-order valence-corrected chi connectivity index (χ4v) is 2.59. The minimum atomic E-state index is -0.917. The zero-order valence-corrected chi connectivity index (χ0v) is 10.9. The predicted octanol–water partition coefficient (Wildman–Crippen LogP) is 1.47. The first-order valence-electron chi connectivity index (χ1n) is 6.45. The van der Waals surface area contributed by atoms with Crippen LogP contribution in [0.5, 0.6) is 0 Å².